The van der Waals surface area contributed by atoms with Crippen LogP contribution in [0.2, 0.25) is 0 Å². The van der Waals surface area contributed by atoms with Crippen molar-refractivity contribution in [3.05, 3.63) is 71.3 Å². The fourth-order valence-corrected chi connectivity index (χ4v) is 3.77. The fourth-order valence-electron chi connectivity index (χ4n) is 3.77. The molecule has 0 spiro atoms. The number of carbonyl (C=O) groups is 1. The Balaban J connectivity index is 0.000000278. The monoisotopic (exact) mass is 493 g/mol. The molecule has 3 aromatic carbocycles. The highest BCUT2D eigenvalue weighted by atomic mass is 16.6. The molecule has 196 valence electrons. The van der Waals surface area contributed by atoms with Crippen LogP contribution >= 0.6 is 0 Å². The highest BCUT2D eigenvalue weighted by Crippen LogP contribution is 2.38. The molecule has 3 N–H and O–H groups in total. The Hall–Kier alpha value is -3.05. The van der Waals surface area contributed by atoms with Gasteiger partial charge in [-0.1, -0.05) is 97.4 Å². The van der Waals surface area contributed by atoms with Gasteiger partial charge in [-0.15, -0.1) is 0 Å². The molecule has 0 saturated heterocycles. The molecule has 5 nitrogen and oxygen atoms in total. The summed E-state index contributed by atoms with van der Waals surface area (Å²) in [5.74, 6) is -0.317. The maximum atomic E-state index is 10.7. The summed E-state index contributed by atoms with van der Waals surface area (Å²) in [5.41, 5.74) is 6.06. The van der Waals surface area contributed by atoms with Gasteiger partial charge in [0, 0.05) is 17.5 Å². The van der Waals surface area contributed by atoms with E-state index in [1.54, 1.807) is 18.2 Å². The summed E-state index contributed by atoms with van der Waals surface area (Å²) in [6, 6.07) is 16.9. The van der Waals surface area contributed by atoms with Crippen LogP contribution in [0.25, 0.3) is 10.8 Å². The molecule has 0 saturated carbocycles. The predicted octanol–water partition coefficient (Wildman–Crippen LogP) is 7.99. The van der Waals surface area contributed by atoms with E-state index in [1.165, 1.54) is 23.6 Å². The highest BCUT2D eigenvalue weighted by molar-refractivity contribution is 6.00. The van der Waals surface area contributed by atoms with Gasteiger partial charge >= 0.3 is 5.97 Å². The zero-order chi connectivity index (χ0) is 26.9. The number of hydrogen-bond donors (Lipinski definition) is 3. The number of nitrogens with one attached hydrogen (secondary N) is 1. The molecular weight excluding hydrogens is 450 g/mol. The second-order valence-corrected chi connectivity index (χ2v) is 10.5. The number of phenols is 1. The van der Waals surface area contributed by atoms with Crippen LogP contribution in [0.4, 0.5) is 0 Å². The zero-order valence-corrected chi connectivity index (χ0v) is 22.9. The number of unbranched alkanes of at least 4 members (excludes halogenated alkanes) is 1. The minimum atomic E-state index is -1.12. The summed E-state index contributed by atoms with van der Waals surface area (Å²) in [5, 5.41) is 19.8. The van der Waals surface area contributed by atoms with E-state index in [9.17, 15) is 9.90 Å². The number of aromatic carboxylic acids is 1. The molecule has 0 aliphatic rings. The van der Waals surface area contributed by atoms with Crippen LogP contribution < -0.4 is 10.3 Å². The Labute approximate surface area is 216 Å². The van der Waals surface area contributed by atoms with Crippen molar-refractivity contribution < 1.29 is 19.8 Å². The number of rotatable bonds is 10. The summed E-state index contributed by atoms with van der Waals surface area (Å²) in [7, 11) is 0. The molecule has 36 heavy (non-hydrogen) atoms. The summed E-state index contributed by atoms with van der Waals surface area (Å²) >= 11 is 0. The van der Waals surface area contributed by atoms with Gasteiger partial charge in [0.1, 0.15) is 11.3 Å². The van der Waals surface area contributed by atoms with Crippen LogP contribution in [-0.2, 0) is 10.8 Å². The maximum Gasteiger partial charge on any atom is 0.339 e. The van der Waals surface area contributed by atoms with Gasteiger partial charge in [0.15, 0.2) is 5.75 Å². The van der Waals surface area contributed by atoms with E-state index in [0.29, 0.717) is 5.39 Å². The molecule has 5 heteroatoms. The van der Waals surface area contributed by atoms with Crippen LogP contribution in [0.3, 0.4) is 0 Å². The lowest BCUT2D eigenvalue weighted by Crippen LogP contribution is -2.25. The number of carboxylic acids is 1. The van der Waals surface area contributed by atoms with Gasteiger partial charge in [-0.3, -0.25) is 0 Å². The first-order valence-corrected chi connectivity index (χ1v) is 13.0. The number of fused-ring (bicyclic) bond motifs is 1. The molecule has 0 aliphatic carbocycles. The van der Waals surface area contributed by atoms with E-state index in [1.807, 2.05) is 12.1 Å². The topological polar surface area (TPSA) is 78.8 Å². The van der Waals surface area contributed by atoms with E-state index in [0.717, 1.165) is 36.9 Å². The largest absolute Gasteiger partial charge is 0.506 e. The van der Waals surface area contributed by atoms with Crippen LogP contribution in [-0.4, -0.2) is 22.7 Å². The SMILES string of the molecule is CCCCNOc1ccc(C(C)(C)CC)cc1C(C)(C)CC.O=C(O)c1ccc2ccccc2c1O. The molecule has 0 heterocycles. The molecule has 0 radical (unpaired) electrons. The summed E-state index contributed by atoms with van der Waals surface area (Å²) in [6.07, 6.45) is 4.53. The Morgan fingerprint density at radius 1 is 0.917 bits per heavy atom. The summed E-state index contributed by atoms with van der Waals surface area (Å²) < 4.78 is 0. The van der Waals surface area contributed by atoms with Crippen molar-refractivity contribution in [2.45, 2.75) is 85.0 Å². The number of hydroxylamine groups is 1. The van der Waals surface area contributed by atoms with Crippen LogP contribution in [0, 0.1) is 0 Å². The van der Waals surface area contributed by atoms with Crippen LogP contribution in [0.5, 0.6) is 11.5 Å². The standard InChI is InChI=1S/C20H35NO.C11H8O3/c1-8-11-14-21-22-18-13-12-16(19(4,5)9-2)15-17(18)20(6,7)10-3;12-10-8-4-2-1-3-7(8)5-6-9(10)11(13)14/h12-13,15,21H,8-11,14H2,1-7H3;1-6,12H,(H,13,14). The first-order valence-electron chi connectivity index (χ1n) is 13.0. The number of carboxylic acid groups (broad SMARTS) is 1. The van der Waals surface area contributed by atoms with E-state index in [2.05, 4.69) is 72.1 Å². The minimum Gasteiger partial charge on any atom is -0.506 e. The molecular formula is C31H43NO4. The second kappa shape index (κ2) is 12.8. The lowest BCUT2D eigenvalue weighted by molar-refractivity contribution is 0.0694. The van der Waals surface area contributed by atoms with Gasteiger partial charge in [-0.25, -0.2) is 4.79 Å². The normalized spacial score (nSPS) is 11.6. The molecule has 0 aliphatic heterocycles. The molecule has 0 atom stereocenters. The van der Waals surface area contributed by atoms with Crippen molar-refractivity contribution in [1.29, 1.82) is 0 Å². The Bertz CT molecular complexity index is 1150. The zero-order valence-electron chi connectivity index (χ0n) is 22.9. The average molecular weight is 494 g/mol. The van der Waals surface area contributed by atoms with Crippen molar-refractivity contribution in [3.63, 3.8) is 0 Å². The molecule has 3 aromatic rings. The third kappa shape index (κ3) is 7.23. The van der Waals surface area contributed by atoms with Gasteiger partial charge in [0.25, 0.3) is 0 Å². The smallest absolute Gasteiger partial charge is 0.339 e. The van der Waals surface area contributed by atoms with Gasteiger partial charge in [0.05, 0.1) is 0 Å². The lowest BCUT2D eigenvalue weighted by atomic mass is 9.76. The third-order valence-electron chi connectivity index (χ3n) is 7.20. The van der Waals surface area contributed by atoms with E-state index < -0.39 is 5.97 Å². The highest BCUT2D eigenvalue weighted by Gasteiger charge is 2.26. The first-order chi connectivity index (χ1) is 17.0. The molecule has 3 rings (SSSR count). The summed E-state index contributed by atoms with van der Waals surface area (Å²) in [6.45, 7) is 16.8. The third-order valence-corrected chi connectivity index (χ3v) is 7.20. The molecule has 0 aromatic heterocycles. The number of benzene rings is 3. The van der Waals surface area contributed by atoms with Crippen molar-refractivity contribution in [1.82, 2.24) is 5.48 Å². The van der Waals surface area contributed by atoms with Gasteiger partial charge < -0.3 is 15.1 Å². The van der Waals surface area contributed by atoms with Gasteiger partial charge in [-0.2, -0.15) is 5.48 Å². The Morgan fingerprint density at radius 2 is 1.58 bits per heavy atom. The first kappa shape index (κ1) is 29.2. The maximum absolute atomic E-state index is 10.7. The van der Waals surface area contributed by atoms with Crippen molar-refractivity contribution in [3.8, 4) is 11.5 Å². The predicted molar refractivity (Wildman–Crippen MR) is 149 cm³/mol. The van der Waals surface area contributed by atoms with Crippen LogP contribution in [0.15, 0.2) is 54.6 Å². The molecule has 0 unspecified atom stereocenters. The fraction of sp³-hybridized carbons (Fsp3) is 0.452. The average Bonchev–Trinajstić information content (AvgIpc) is 2.87. The van der Waals surface area contributed by atoms with Gasteiger partial charge in [0.2, 0.25) is 0 Å². The molecule has 0 fully saturated rings. The molecule has 0 bridgehead atoms. The van der Waals surface area contributed by atoms with Gasteiger partial charge in [-0.05, 0) is 53.2 Å². The van der Waals surface area contributed by atoms with Crippen molar-refractivity contribution in [2.75, 3.05) is 6.54 Å². The number of hydrogen-bond acceptors (Lipinski definition) is 4. The Kier molecular flexibility index (Phi) is 10.4. The van der Waals surface area contributed by atoms with E-state index in [-0.39, 0.29) is 22.1 Å². The van der Waals surface area contributed by atoms with Crippen molar-refractivity contribution >= 4 is 16.7 Å². The summed E-state index contributed by atoms with van der Waals surface area (Å²) in [4.78, 5) is 16.6. The quantitative estimate of drug-likeness (QED) is 0.197. The molecule has 0 amide bonds. The number of aromatic hydroxyl groups is 1. The van der Waals surface area contributed by atoms with Crippen molar-refractivity contribution in [2.24, 2.45) is 0 Å². The van der Waals surface area contributed by atoms with E-state index in [4.69, 9.17) is 9.94 Å². The Morgan fingerprint density at radius 3 is 2.19 bits per heavy atom. The van der Waals surface area contributed by atoms with Crippen LogP contribution in [0.1, 0.15) is 95.6 Å². The minimum absolute atomic E-state index is 0.0660. The van der Waals surface area contributed by atoms with E-state index >= 15 is 0 Å². The lowest BCUT2D eigenvalue weighted by Gasteiger charge is -2.30. The second-order valence-electron chi connectivity index (χ2n) is 10.5.